The average Bonchev–Trinajstić information content (AvgIpc) is 3.48. The van der Waals surface area contributed by atoms with E-state index in [1.807, 2.05) is 26.8 Å². The fourth-order valence-corrected chi connectivity index (χ4v) is 4.81. The quantitative estimate of drug-likeness (QED) is 0.0849. The molecule has 12 heteroatoms. The molecule has 1 aliphatic carbocycles. The number of H-pyrrole nitrogens is 1. The molecule has 2 aromatic heterocycles. The summed E-state index contributed by atoms with van der Waals surface area (Å²) >= 11 is 1.12. The number of nitrogens with zero attached hydrogens (tertiary/aromatic N) is 5. The molecule has 214 valence electrons. The van der Waals surface area contributed by atoms with Crippen molar-refractivity contribution in [1.29, 1.82) is 0 Å². The molecule has 4 rings (SSSR count). The maximum atomic E-state index is 15.0. The molecular weight excluding hydrogens is 542 g/mol. The summed E-state index contributed by atoms with van der Waals surface area (Å²) < 4.78 is 57.1. The third-order valence-corrected chi connectivity index (χ3v) is 7.58. The fraction of sp³-hybridized carbons (Fsp3) is 0.393. The van der Waals surface area contributed by atoms with Crippen LogP contribution in [-0.2, 0) is 0 Å². The maximum Gasteiger partial charge on any atom is 0.333 e. The SMILES string of the molecule is CC/C(C)=C(/C(=C(\N=C(/C)N(C)c1cc(F)c(SC)cc1F)Nc1cc(C)[nH]n1)C1CC1)c1ccn(C(F)F)n1. The van der Waals surface area contributed by atoms with Crippen LogP contribution >= 0.6 is 11.8 Å². The molecule has 1 fully saturated rings. The summed E-state index contributed by atoms with van der Waals surface area (Å²) in [4.78, 5) is 6.57. The smallest absolute Gasteiger partial charge is 0.331 e. The number of nitrogens with one attached hydrogen (secondary N) is 2. The van der Waals surface area contributed by atoms with E-state index in [1.165, 1.54) is 17.2 Å². The van der Waals surface area contributed by atoms with Crippen molar-refractivity contribution in [1.82, 2.24) is 20.0 Å². The number of alkyl halides is 2. The molecule has 0 amide bonds. The number of hydrogen-bond acceptors (Lipinski definition) is 5. The zero-order chi connectivity index (χ0) is 29.1. The van der Waals surface area contributed by atoms with Gasteiger partial charge in [0.15, 0.2) is 5.82 Å². The van der Waals surface area contributed by atoms with E-state index < -0.39 is 18.2 Å². The molecule has 2 N–H and O–H groups in total. The molecule has 0 aliphatic heterocycles. The first-order valence-electron chi connectivity index (χ1n) is 12.9. The van der Waals surface area contributed by atoms with Crippen LogP contribution in [0.15, 0.2) is 57.3 Å². The minimum atomic E-state index is -2.77. The Hall–Kier alpha value is -3.54. The van der Waals surface area contributed by atoms with E-state index >= 15 is 0 Å². The van der Waals surface area contributed by atoms with Crippen molar-refractivity contribution in [2.45, 2.75) is 58.4 Å². The molecular formula is C28H33F4N7S. The van der Waals surface area contributed by atoms with Crippen LogP contribution in [0, 0.1) is 24.5 Å². The predicted molar refractivity (Wildman–Crippen MR) is 153 cm³/mol. The highest BCUT2D eigenvalue weighted by Gasteiger charge is 2.34. The van der Waals surface area contributed by atoms with E-state index in [0.29, 0.717) is 34.3 Å². The number of aliphatic imine (C=N–C) groups is 1. The van der Waals surface area contributed by atoms with E-state index in [0.717, 1.165) is 53.1 Å². The van der Waals surface area contributed by atoms with Crippen LogP contribution in [0.25, 0.3) is 5.57 Å². The predicted octanol–water partition coefficient (Wildman–Crippen LogP) is 7.78. The maximum absolute atomic E-state index is 15.0. The molecule has 0 radical (unpaired) electrons. The van der Waals surface area contributed by atoms with Crippen LogP contribution in [0.4, 0.5) is 29.1 Å². The number of halogens is 4. The molecule has 1 aromatic carbocycles. The first-order chi connectivity index (χ1) is 19.0. The monoisotopic (exact) mass is 575 g/mol. The van der Waals surface area contributed by atoms with Crippen molar-refractivity contribution < 1.29 is 17.6 Å². The largest absolute Gasteiger partial charge is 0.333 e. The van der Waals surface area contributed by atoms with Crippen LogP contribution < -0.4 is 10.2 Å². The van der Waals surface area contributed by atoms with Gasteiger partial charge in [0.2, 0.25) is 0 Å². The molecule has 7 nitrogen and oxygen atoms in total. The Morgan fingerprint density at radius 1 is 1.23 bits per heavy atom. The Bertz CT molecular complexity index is 1470. The molecule has 0 unspecified atom stereocenters. The minimum Gasteiger partial charge on any atom is -0.331 e. The average molecular weight is 576 g/mol. The number of hydrogen-bond donors (Lipinski definition) is 2. The lowest BCUT2D eigenvalue weighted by Crippen LogP contribution is -2.25. The molecule has 3 aromatic rings. The second-order valence-electron chi connectivity index (χ2n) is 9.72. The van der Waals surface area contributed by atoms with Crippen molar-refractivity contribution in [2.24, 2.45) is 10.9 Å². The lowest BCUT2D eigenvalue weighted by atomic mass is 9.92. The van der Waals surface area contributed by atoms with Crippen LogP contribution in [0.3, 0.4) is 0 Å². The highest BCUT2D eigenvalue weighted by molar-refractivity contribution is 7.98. The number of benzene rings is 1. The van der Waals surface area contributed by atoms with E-state index in [1.54, 1.807) is 26.3 Å². The number of aromatic amines is 1. The Balaban J connectivity index is 1.90. The van der Waals surface area contributed by atoms with Gasteiger partial charge in [0, 0.05) is 47.1 Å². The number of thioether (sulfide) groups is 1. The second-order valence-corrected chi connectivity index (χ2v) is 10.6. The standard InChI is InChI=1S/C28H33F4N7S/c1-7-15(2)25(21-10-11-39(37-21)28(31)32)26(18-8-9-18)27(34-24-12-16(3)35-36-24)33-17(4)38(5)22-13-20(30)23(40-6)14-19(22)29/h10-14,18,28H,7-9H2,1-6H3,(H2,34,35,36)/b25-15+,27-26+,33-17+. The summed E-state index contributed by atoms with van der Waals surface area (Å²) in [6.45, 7) is 4.74. The van der Waals surface area contributed by atoms with Gasteiger partial charge in [-0.15, -0.1) is 11.8 Å². The van der Waals surface area contributed by atoms with Gasteiger partial charge in [-0.3, -0.25) is 5.10 Å². The van der Waals surface area contributed by atoms with Gasteiger partial charge in [0.05, 0.1) is 11.4 Å². The lowest BCUT2D eigenvalue weighted by molar-refractivity contribution is 0.0565. The van der Waals surface area contributed by atoms with E-state index in [9.17, 15) is 17.6 Å². The zero-order valence-electron chi connectivity index (χ0n) is 23.3. The van der Waals surface area contributed by atoms with Gasteiger partial charge >= 0.3 is 6.55 Å². The van der Waals surface area contributed by atoms with Gasteiger partial charge in [-0.25, -0.2) is 18.5 Å². The van der Waals surface area contributed by atoms with E-state index in [-0.39, 0.29) is 16.5 Å². The third-order valence-electron chi connectivity index (χ3n) is 6.83. The Kier molecular flexibility index (Phi) is 9.07. The Labute approximate surface area is 235 Å². The van der Waals surface area contributed by atoms with Crippen molar-refractivity contribution >= 4 is 34.7 Å². The van der Waals surface area contributed by atoms with Gasteiger partial charge in [-0.1, -0.05) is 12.5 Å². The minimum absolute atomic E-state index is 0.0377. The van der Waals surface area contributed by atoms with E-state index in [4.69, 9.17) is 4.99 Å². The van der Waals surface area contributed by atoms with Gasteiger partial charge in [-0.05, 0) is 64.3 Å². The Morgan fingerprint density at radius 3 is 2.50 bits per heavy atom. The fourth-order valence-electron chi connectivity index (χ4n) is 4.33. The van der Waals surface area contributed by atoms with Gasteiger partial charge in [-0.2, -0.15) is 19.0 Å². The third kappa shape index (κ3) is 6.43. The topological polar surface area (TPSA) is 74.1 Å². The molecule has 0 bridgehead atoms. The summed E-state index contributed by atoms with van der Waals surface area (Å²) in [5.41, 5.74) is 3.80. The van der Waals surface area contributed by atoms with Gasteiger partial charge < -0.3 is 10.2 Å². The zero-order valence-corrected chi connectivity index (χ0v) is 24.1. The summed E-state index contributed by atoms with van der Waals surface area (Å²) in [5, 5.41) is 14.7. The Morgan fingerprint density at radius 2 is 1.95 bits per heavy atom. The molecule has 1 saturated carbocycles. The number of amidine groups is 1. The first kappa shape index (κ1) is 29.4. The highest BCUT2D eigenvalue weighted by Crippen LogP contribution is 2.46. The van der Waals surface area contributed by atoms with Crippen LogP contribution in [0.5, 0.6) is 0 Å². The molecule has 0 atom stereocenters. The van der Waals surface area contributed by atoms with Crippen molar-refractivity contribution in [3.63, 3.8) is 0 Å². The molecule has 1 aliphatic rings. The summed E-state index contributed by atoms with van der Waals surface area (Å²) in [6, 6.07) is 5.71. The highest BCUT2D eigenvalue weighted by atomic mass is 32.2. The molecule has 0 spiro atoms. The first-order valence-corrected chi connectivity index (χ1v) is 14.2. The normalized spacial score (nSPS) is 15.3. The van der Waals surface area contributed by atoms with Gasteiger partial charge in [0.1, 0.15) is 23.3 Å². The van der Waals surface area contributed by atoms with Gasteiger partial charge in [0.25, 0.3) is 0 Å². The number of rotatable bonds is 10. The van der Waals surface area contributed by atoms with Crippen molar-refractivity contribution in [3.8, 4) is 0 Å². The number of aromatic nitrogens is 4. The molecule has 0 saturated heterocycles. The number of anilines is 2. The molecule has 2 heterocycles. The van der Waals surface area contributed by atoms with Crippen LogP contribution in [0.2, 0.25) is 0 Å². The van der Waals surface area contributed by atoms with Crippen LogP contribution in [0.1, 0.15) is 58.0 Å². The number of allylic oxidation sites excluding steroid dienone is 3. The number of aryl methyl sites for hydroxylation is 1. The summed E-state index contributed by atoms with van der Waals surface area (Å²) in [7, 11) is 1.61. The molecule has 40 heavy (non-hydrogen) atoms. The van der Waals surface area contributed by atoms with Crippen molar-refractivity contribution in [3.05, 3.63) is 70.5 Å². The second kappa shape index (κ2) is 12.3. The van der Waals surface area contributed by atoms with Crippen LogP contribution in [-0.4, -0.2) is 39.1 Å². The van der Waals surface area contributed by atoms with Crippen molar-refractivity contribution in [2.75, 3.05) is 23.5 Å². The van der Waals surface area contributed by atoms with E-state index in [2.05, 4.69) is 20.6 Å². The lowest BCUT2D eigenvalue weighted by Gasteiger charge is -2.22. The summed E-state index contributed by atoms with van der Waals surface area (Å²) in [5.74, 6) is 0.336. The summed E-state index contributed by atoms with van der Waals surface area (Å²) in [6.07, 6.45) is 5.37.